The van der Waals surface area contributed by atoms with E-state index in [0.29, 0.717) is 6.42 Å². The fraction of sp³-hybridized carbons (Fsp3) is 0.400. The third kappa shape index (κ3) is 3.64. The molecule has 0 amide bonds. The van der Waals surface area contributed by atoms with Crippen molar-refractivity contribution in [2.45, 2.75) is 24.3 Å². The number of rotatable bonds is 5. The minimum absolute atomic E-state index is 0.177. The van der Waals surface area contributed by atoms with Gasteiger partial charge in [-0.1, -0.05) is 24.6 Å². The molecule has 0 bridgehead atoms. The van der Waals surface area contributed by atoms with Crippen LogP contribution >= 0.6 is 11.6 Å². The summed E-state index contributed by atoms with van der Waals surface area (Å²) < 4.78 is 39.0. The molecular formula is C10H13ClFNO3S. The van der Waals surface area contributed by atoms with E-state index >= 15 is 0 Å². The van der Waals surface area contributed by atoms with Crippen molar-refractivity contribution in [2.24, 2.45) is 0 Å². The van der Waals surface area contributed by atoms with Crippen molar-refractivity contribution in [1.29, 1.82) is 0 Å². The van der Waals surface area contributed by atoms with Crippen LogP contribution in [0, 0.1) is 5.82 Å². The first-order valence-corrected chi connectivity index (χ1v) is 6.86. The summed E-state index contributed by atoms with van der Waals surface area (Å²) in [5.74, 6) is -0.920. The number of aliphatic hydroxyl groups excluding tert-OH is 1. The van der Waals surface area contributed by atoms with Crippen molar-refractivity contribution in [2.75, 3.05) is 6.54 Å². The van der Waals surface area contributed by atoms with E-state index in [1.54, 1.807) is 6.92 Å². The average Bonchev–Trinajstić information content (AvgIpc) is 2.25. The lowest BCUT2D eigenvalue weighted by Gasteiger charge is -2.11. The van der Waals surface area contributed by atoms with Crippen LogP contribution in [0.15, 0.2) is 23.1 Å². The minimum Gasteiger partial charge on any atom is -0.392 e. The monoisotopic (exact) mass is 281 g/mol. The summed E-state index contributed by atoms with van der Waals surface area (Å²) >= 11 is 5.64. The molecule has 0 unspecified atom stereocenters. The molecule has 4 nitrogen and oxygen atoms in total. The molecule has 1 aromatic carbocycles. The second-order valence-electron chi connectivity index (χ2n) is 3.46. The number of nitrogens with one attached hydrogen (secondary N) is 1. The van der Waals surface area contributed by atoms with Crippen LogP contribution in [0.5, 0.6) is 0 Å². The molecule has 0 radical (unpaired) electrons. The van der Waals surface area contributed by atoms with Gasteiger partial charge in [0.2, 0.25) is 10.0 Å². The number of hydrogen-bond acceptors (Lipinski definition) is 3. The van der Waals surface area contributed by atoms with E-state index in [0.717, 1.165) is 6.07 Å². The molecule has 0 fully saturated rings. The van der Waals surface area contributed by atoms with Crippen molar-refractivity contribution in [1.82, 2.24) is 4.72 Å². The Bertz CT molecular complexity index is 472. The van der Waals surface area contributed by atoms with Gasteiger partial charge in [-0.25, -0.2) is 17.5 Å². The Hall–Kier alpha value is -0.690. The summed E-state index contributed by atoms with van der Waals surface area (Å²) in [6.07, 6.45) is -0.414. The van der Waals surface area contributed by atoms with Crippen LogP contribution in [-0.4, -0.2) is 26.2 Å². The maximum atomic E-state index is 13.4. The van der Waals surface area contributed by atoms with E-state index in [9.17, 15) is 17.9 Å². The Kier molecular flexibility index (Phi) is 4.88. The molecule has 2 N–H and O–H groups in total. The third-order valence-electron chi connectivity index (χ3n) is 2.17. The van der Waals surface area contributed by atoms with Gasteiger partial charge in [0.05, 0.1) is 11.1 Å². The topological polar surface area (TPSA) is 66.4 Å². The predicted molar refractivity (Wildman–Crippen MR) is 62.9 cm³/mol. The highest BCUT2D eigenvalue weighted by molar-refractivity contribution is 7.89. The van der Waals surface area contributed by atoms with Gasteiger partial charge in [-0.3, -0.25) is 0 Å². The largest absolute Gasteiger partial charge is 0.392 e. The predicted octanol–water partition coefficient (Wildman–Crippen LogP) is 1.53. The van der Waals surface area contributed by atoms with E-state index in [1.165, 1.54) is 12.1 Å². The summed E-state index contributed by atoms with van der Waals surface area (Å²) in [5, 5.41) is 9.06. The van der Waals surface area contributed by atoms with Crippen LogP contribution in [0.1, 0.15) is 13.3 Å². The Labute approximate surface area is 104 Å². The molecule has 17 heavy (non-hydrogen) atoms. The lowest BCUT2D eigenvalue weighted by molar-refractivity contribution is 0.174. The highest BCUT2D eigenvalue weighted by Gasteiger charge is 2.22. The molecular weight excluding hydrogens is 269 g/mol. The Morgan fingerprint density at radius 2 is 2.18 bits per heavy atom. The Balaban J connectivity index is 2.98. The molecule has 0 aliphatic rings. The van der Waals surface area contributed by atoms with Crippen LogP contribution in [0.3, 0.4) is 0 Å². The first-order valence-electron chi connectivity index (χ1n) is 5.00. The molecule has 0 heterocycles. The van der Waals surface area contributed by atoms with E-state index in [1.807, 2.05) is 0 Å². The molecule has 0 aliphatic carbocycles. The van der Waals surface area contributed by atoms with E-state index in [-0.39, 0.29) is 11.6 Å². The summed E-state index contributed by atoms with van der Waals surface area (Å²) in [4.78, 5) is -0.593. The molecule has 0 spiro atoms. The number of hydrogen-bond donors (Lipinski definition) is 2. The van der Waals surface area contributed by atoms with Crippen molar-refractivity contribution in [3.63, 3.8) is 0 Å². The number of halogens is 2. The maximum Gasteiger partial charge on any atom is 0.245 e. The average molecular weight is 282 g/mol. The van der Waals surface area contributed by atoms with Gasteiger partial charge in [0.1, 0.15) is 10.7 Å². The molecule has 7 heteroatoms. The van der Waals surface area contributed by atoms with Crippen LogP contribution in [0.25, 0.3) is 0 Å². The van der Waals surface area contributed by atoms with Crippen LogP contribution in [-0.2, 0) is 10.0 Å². The standard InChI is InChI=1S/C10H13ClFNO3S/c1-2-7(14)6-13-17(15,16)10-8(11)4-3-5-9(10)12/h3-5,7,13-14H,2,6H2,1H3/t7-/m1/s1. The zero-order valence-electron chi connectivity index (χ0n) is 9.15. The van der Waals surface area contributed by atoms with Gasteiger partial charge in [0.15, 0.2) is 0 Å². The van der Waals surface area contributed by atoms with Crippen LogP contribution in [0.2, 0.25) is 5.02 Å². The molecule has 0 aromatic heterocycles. The summed E-state index contributed by atoms with van der Waals surface area (Å²) in [7, 11) is -4.04. The van der Waals surface area contributed by atoms with Crippen molar-refractivity contribution in [3.8, 4) is 0 Å². The highest BCUT2D eigenvalue weighted by Crippen LogP contribution is 2.23. The lowest BCUT2D eigenvalue weighted by Crippen LogP contribution is -2.32. The van der Waals surface area contributed by atoms with Crippen LogP contribution < -0.4 is 4.72 Å². The Morgan fingerprint density at radius 3 is 2.71 bits per heavy atom. The smallest absolute Gasteiger partial charge is 0.245 e. The molecule has 1 rings (SSSR count). The molecule has 0 aliphatic heterocycles. The van der Waals surface area contributed by atoms with Crippen LogP contribution in [0.4, 0.5) is 4.39 Å². The number of sulfonamides is 1. The van der Waals surface area contributed by atoms with E-state index in [4.69, 9.17) is 11.6 Å². The van der Waals surface area contributed by atoms with Gasteiger partial charge in [-0.2, -0.15) is 0 Å². The zero-order valence-corrected chi connectivity index (χ0v) is 10.7. The molecule has 1 atom stereocenters. The Morgan fingerprint density at radius 1 is 1.53 bits per heavy atom. The van der Waals surface area contributed by atoms with E-state index in [2.05, 4.69) is 4.72 Å². The van der Waals surface area contributed by atoms with Gasteiger partial charge in [0, 0.05) is 6.54 Å². The number of benzene rings is 1. The second-order valence-corrected chi connectivity index (χ2v) is 5.58. The molecule has 1 aromatic rings. The van der Waals surface area contributed by atoms with Gasteiger partial charge in [0.25, 0.3) is 0 Å². The SMILES string of the molecule is CC[C@@H](O)CNS(=O)(=O)c1c(F)cccc1Cl. The van der Waals surface area contributed by atoms with Gasteiger partial charge in [-0.05, 0) is 18.6 Å². The molecule has 0 saturated carbocycles. The van der Waals surface area contributed by atoms with Crippen molar-refractivity contribution >= 4 is 21.6 Å². The quantitative estimate of drug-likeness (QED) is 0.860. The van der Waals surface area contributed by atoms with Crippen molar-refractivity contribution < 1.29 is 17.9 Å². The fourth-order valence-corrected chi connectivity index (χ4v) is 2.84. The lowest BCUT2D eigenvalue weighted by atomic mass is 10.3. The summed E-state index contributed by atoms with van der Waals surface area (Å²) in [6.45, 7) is 1.53. The third-order valence-corrected chi connectivity index (χ3v) is 4.09. The first kappa shape index (κ1) is 14.4. The van der Waals surface area contributed by atoms with Gasteiger partial charge in [-0.15, -0.1) is 0 Å². The van der Waals surface area contributed by atoms with Gasteiger partial charge < -0.3 is 5.11 Å². The number of aliphatic hydroxyl groups is 1. The summed E-state index contributed by atoms with van der Waals surface area (Å²) in [6, 6.07) is 3.61. The maximum absolute atomic E-state index is 13.4. The normalized spacial score (nSPS) is 13.6. The van der Waals surface area contributed by atoms with Gasteiger partial charge >= 0.3 is 0 Å². The minimum atomic E-state index is -4.04. The highest BCUT2D eigenvalue weighted by atomic mass is 35.5. The first-order chi connectivity index (χ1) is 7.88. The molecule has 0 saturated heterocycles. The second kappa shape index (κ2) is 5.77. The fourth-order valence-electron chi connectivity index (χ4n) is 1.16. The van der Waals surface area contributed by atoms with Crippen molar-refractivity contribution in [3.05, 3.63) is 29.0 Å². The van der Waals surface area contributed by atoms with E-state index < -0.39 is 26.8 Å². The summed E-state index contributed by atoms with van der Waals surface area (Å²) in [5.41, 5.74) is 0. The zero-order chi connectivity index (χ0) is 13.1. The molecule has 96 valence electrons.